The Hall–Kier alpha value is -3.60. The molecule has 0 bridgehead atoms. The van der Waals surface area contributed by atoms with E-state index in [9.17, 15) is 14.4 Å². The van der Waals surface area contributed by atoms with E-state index in [1.54, 1.807) is 4.57 Å². The number of carbonyl (C=O) groups is 1. The van der Waals surface area contributed by atoms with E-state index < -0.39 is 0 Å². The zero-order valence-corrected chi connectivity index (χ0v) is 25.7. The lowest BCUT2D eigenvalue weighted by atomic mass is 10.1. The van der Waals surface area contributed by atoms with E-state index in [1.807, 2.05) is 42.7 Å². The van der Waals surface area contributed by atoms with Gasteiger partial charge < -0.3 is 24.4 Å². The van der Waals surface area contributed by atoms with Gasteiger partial charge in [0.25, 0.3) is 11.5 Å². The Kier molecular flexibility index (Phi) is 11.2. The fourth-order valence-electron chi connectivity index (χ4n) is 5.60. The minimum Gasteiger partial charge on any atom is -0.484 e. The van der Waals surface area contributed by atoms with Crippen molar-refractivity contribution in [3.63, 3.8) is 0 Å². The molecular weight excluding hydrogens is 534 g/mol. The summed E-state index contributed by atoms with van der Waals surface area (Å²) in [5.41, 5.74) is 1.66. The molecule has 0 aliphatic carbocycles. The van der Waals surface area contributed by atoms with Crippen molar-refractivity contribution in [2.24, 2.45) is 0 Å². The standard InChI is InChI=1S/C31H47N7O4/c1-5-17-37-28-27(29(40)38(18-6-2)31(37)41)36-21-10-20-35(30(36)33-28)22-15-24-11-13-25(14-12-24)42-23-26(39)32-16-9-19-34(7-3)8-4/h11-14H,5-10,15-23H2,1-4H3,(H,32,39). The second-order valence-electron chi connectivity index (χ2n) is 10.9. The van der Waals surface area contributed by atoms with Crippen LogP contribution in [-0.2, 0) is 30.8 Å². The first-order valence-electron chi connectivity index (χ1n) is 15.6. The Morgan fingerprint density at radius 3 is 2.38 bits per heavy atom. The monoisotopic (exact) mass is 581 g/mol. The molecule has 42 heavy (non-hydrogen) atoms. The van der Waals surface area contributed by atoms with Gasteiger partial charge in [-0.25, -0.2) is 4.79 Å². The van der Waals surface area contributed by atoms with Crippen LogP contribution in [0.1, 0.15) is 58.9 Å². The number of nitrogens with one attached hydrogen (secondary N) is 1. The number of hydrogen-bond acceptors (Lipinski definition) is 7. The zero-order chi connectivity index (χ0) is 30.1. The first-order chi connectivity index (χ1) is 20.4. The number of aromatic nitrogens is 4. The van der Waals surface area contributed by atoms with Gasteiger partial charge in [-0.2, -0.15) is 4.98 Å². The maximum atomic E-state index is 13.4. The smallest absolute Gasteiger partial charge is 0.332 e. The van der Waals surface area contributed by atoms with Gasteiger partial charge in [0.05, 0.1) is 0 Å². The number of amides is 1. The molecule has 0 saturated heterocycles. The summed E-state index contributed by atoms with van der Waals surface area (Å²) in [5.74, 6) is 1.31. The van der Waals surface area contributed by atoms with Crippen molar-refractivity contribution in [1.82, 2.24) is 28.9 Å². The van der Waals surface area contributed by atoms with E-state index in [-0.39, 0.29) is 23.8 Å². The number of fused-ring (bicyclic) bond motifs is 3. The lowest BCUT2D eigenvalue weighted by Gasteiger charge is -2.29. The highest BCUT2D eigenvalue weighted by atomic mass is 16.5. The molecular formula is C31H47N7O4. The van der Waals surface area contributed by atoms with Gasteiger partial charge >= 0.3 is 5.69 Å². The number of hydrogen-bond donors (Lipinski definition) is 1. The van der Waals surface area contributed by atoms with Crippen molar-refractivity contribution in [2.45, 2.75) is 79.4 Å². The average Bonchev–Trinajstić information content (AvgIpc) is 3.40. The van der Waals surface area contributed by atoms with E-state index in [1.165, 1.54) is 4.57 Å². The number of ether oxygens (including phenoxy) is 1. The Morgan fingerprint density at radius 2 is 1.69 bits per heavy atom. The van der Waals surface area contributed by atoms with Crippen LogP contribution < -0.4 is 26.2 Å². The normalized spacial score (nSPS) is 13.1. The lowest BCUT2D eigenvalue weighted by molar-refractivity contribution is -0.123. The number of nitrogens with zero attached hydrogens (tertiary/aromatic N) is 6. The summed E-state index contributed by atoms with van der Waals surface area (Å²) in [4.78, 5) is 48.1. The minimum absolute atomic E-state index is 0.00231. The third-order valence-electron chi connectivity index (χ3n) is 7.91. The second-order valence-corrected chi connectivity index (χ2v) is 10.9. The maximum Gasteiger partial charge on any atom is 0.332 e. The topological polar surface area (TPSA) is 107 Å². The van der Waals surface area contributed by atoms with Crippen molar-refractivity contribution >= 4 is 23.0 Å². The number of imidazole rings is 1. The third kappa shape index (κ3) is 7.24. The molecule has 11 nitrogen and oxygen atoms in total. The maximum absolute atomic E-state index is 13.4. The first-order valence-corrected chi connectivity index (χ1v) is 15.6. The second kappa shape index (κ2) is 15.0. The molecule has 2 aromatic heterocycles. The highest BCUT2D eigenvalue weighted by Crippen LogP contribution is 2.25. The highest BCUT2D eigenvalue weighted by Gasteiger charge is 2.26. The van der Waals surface area contributed by atoms with Crippen LogP contribution in [0.5, 0.6) is 5.75 Å². The predicted octanol–water partition coefficient (Wildman–Crippen LogP) is 2.86. The molecule has 1 amide bonds. The van der Waals surface area contributed by atoms with Gasteiger partial charge in [-0.1, -0.05) is 39.8 Å². The SMILES string of the molecule is CCCn1c(=O)c2c(nc3n2CCCN3CCc2ccc(OCC(=O)NCCCN(CC)CC)cc2)n(CCC)c1=O. The van der Waals surface area contributed by atoms with Crippen LogP contribution in [0.25, 0.3) is 11.2 Å². The van der Waals surface area contributed by atoms with Gasteiger partial charge in [-0.05, 0) is 69.4 Å². The van der Waals surface area contributed by atoms with Crippen molar-refractivity contribution in [3.05, 3.63) is 50.7 Å². The molecule has 3 aromatic rings. The molecule has 0 fully saturated rings. The van der Waals surface area contributed by atoms with Gasteiger partial charge in [0.1, 0.15) is 5.75 Å². The van der Waals surface area contributed by atoms with Crippen LogP contribution in [0.2, 0.25) is 0 Å². The van der Waals surface area contributed by atoms with Crippen molar-refractivity contribution in [1.29, 1.82) is 0 Å². The Balaban J connectivity index is 1.37. The molecule has 1 aliphatic heterocycles. The van der Waals surface area contributed by atoms with Crippen LogP contribution in [-0.4, -0.2) is 75.4 Å². The molecule has 11 heteroatoms. The molecule has 0 radical (unpaired) electrons. The average molecular weight is 582 g/mol. The number of anilines is 1. The summed E-state index contributed by atoms with van der Waals surface area (Å²) in [7, 11) is 0. The van der Waals surface area contributed by atoms with E-state index >= 15 is 0 Å². The molecule has 1 N–H and O–H groups in total. The third-order valence-corrected chi connectivity index (χ3v) is 7.91. The van der Waals surface area contributed by atoms with Crippen LogP contribution in [0.15, 0.2) is 33.9 Å². The molecule has 4 rings (SSSR count). The van der Waals surface area contributed by atoms with E-state index in [2.05, 4.69) is 29.0 Å². The molecule has 3 heterocycles. The summed E-state index contributed by atoms with van der Waals surface area (Å²) in [6.45, 7) is 15.2. The zero-order valence-electron chi connectivity index (χ0n) is 25.7. The Morgan fingerprint density at radius 1 is 0.976 bits per heavy atom. The molecule has 1 aromatic carbocycles. The van der Waals surface area contributed by atoms with Gasteiger partial charge in [0, 0.05) is 39.3 Å². The van der Waals surface area contributed by atoms with Crippen LogP contribution in [0.3, 0.4) is 0 Å². The molecule has 230 valence electrons. The summed E-state index contributed by atoms with van der Waals surface area (Å²) < 4.78 is 10.7. The number of carbonyl (C=O) groups excluding carboxylic acids is 1. The highest BCUT2D eigenvalue weighted by molar-refractivity contribution is 5.77. The number of aryl methyl sites for hydroxylation is 2. The predicted molar refractivity (Wildman–Crippen MR) is 167 cm³/mol. The van der Waals surface area contributed by atoms with Gasteiger partial charge in [-0.15, -0.1) is 0 Å². The summed E-state index contributed by atoms with van der Waals surface area (Å²) in [6, 6.07) is 7.83. The number of rotatable bonds is 16. The Bertz CT molecular complexity index is 1440. The van der Waals surface area contributed by atoms with Crippen molar-refractivity contribution in [3.8, 4) is 5.75 Å². The van der Waals surface area contributed by atoms with Crippen molar-refractivity contribution in [2.75, 3.05) is 50.8 Å². The molecule has 0 atom stereocenters. The summed E-state index contributed by atoms with van der Waals surface area (Å²) >= 11 is 0. The van der Waals surface area contributed by atoms with Gasteiger partial charge in [0.2, 0.25) is 5.95 Å². The minimum atomic E-state index is -0.270. The Labute approximate surface area is 248 Å². The van der Waals surface area contributed by atoms with Gasteiger partial charge in [0.15, 0.2) is 17.8 Å². The van der Waals surface area contributed by atoms with Gasteiger partial charge in [-0.3, -0.25) is 18.7 Å². The molecule has 0 spiro atoms. The first kappa shape index (κ1) is 31.3. The fraction of sp³-hybridized carbons (Fsp3) is 0.613. The lowest BCUT2D eigenvalue weighted by Crippen LogP contribution is -2.41. The number of benzene rings is 1. The molecule has 0 unspecified atom stereocenters. The molecule has 0 saturated carbocycles. The largest absolute Gasteiger partial charge is 0.484 e. The summed E-state index contributed by atoms with van der Waals surface area (Å²) in [5, 5.41) is 2.92. The van der Waals surface area contributed by atoms with E-state index in [0.717, 1.165) is 69.9 Å². The quantitative estimate of drug-likeness (QED) is 0.259. The summed E-state index contributed by atoms with van der Waals surface area (Å²) in [6.07, 6.45) is 4.12. The van der Waals surface area contributed by atoms with Crippen LogP contribution in [0.4, 0.5) is 5.95 Å². The van der Waals surface area contributed by atoms with Crippen molar-refractivity contribution < 1.29 is 9.53 Å². The molecule has 1 aliphatic rings. The van der Waals surface area contributed by atoms with E-state index in [4.69, 9.17) is 9.72 Å². The van der Waals surface area contributed by atoms with E-state index in [0.29, 0.717) is 49.5 Å². The van der Waals surface area contributed by atoms with Crippen LogP contribution >= 0.6 is 0 Å². The van der Waals surface area contributed by atoms with Crippen LogP contribution in [0, 0.1) is 0 Å². The fourth-order valence-corrected chi connectivity index (χ4v) is 5.60.